The summed E-state index contributed by atoms with van der Waals surface area (Å²) in [4.78, 5) is 0. The molecule has 3 heteroatoms. The molecule has 84 valence electrons. The first-order valence-electron chi connectivity index (χ1n) is 5.02. The molecular formula is C12H20O2Si. The highest BCUT2D eigenvalue weighted by Gasteiger charge is 2.22. The average Bonchev–Trinajstić information content (AvgIpc) is 2.29. The van der Waals surface area contributed by atoms with E-state index in [1.54, 1.807) is 0 Å². The first-order chi connectivity index (χ1) is 7.24. The maximum atomic E-state index is 5.76. The van der Waals surface area contributed by atoms with Crippen molar-refractivity contribution in [3.05, 3.63) is 49.7 Å². The number of rotatable bonds is 10. The van der Waals surface area contributed by atoms with Crippen LogP contribution in [-0.2, 0) is 9.16 Å². The van der Waals surface area contributed by atoms with E-state index < -0.39 is 8.32 Å². The van der Waals surface area contributed by atoms with Gasteiger partial charge in [0.2, 0.25) is 0 Å². The highest BCUT2D eigenvalue weighted by Crippen LogP contribution is 2.10. The quantitative estimate of drug-likeness (QED) is 0.322. The van der Waals surface area contributed by atoms with Gasteiger partial charge in [-0.2, -0.15) is 0 Å². The second kappa shape index (κ2) is 8.26. The van der Waals surface area contributed by atoms with Gasteiger partial charge in [-0.15, -0.1) is 19.7 Å². The van der Waals surface area contributed by atoms with Crippen molar-refractivity contribution in [2.45, 2.75) is 12.8 Å². The smallest absolute Gasteiger partial charge is 0.264 e. The normalized spacial score (nSPS) is 10.4. The molecule has 0 spiro atoms. The standard InChI is InChI=1S/C12H20O2Si/c1-5-13-11-9-10-12-14-15(6-2,7-3)8-4/h5-8H,1-4,9-12H2. The van der Waals surface area contributed by atoms with Crippen molar-refractivity contribution in [2.75, 3.05) is 13.2 Å². The van der Waals surface area contributed by atoms with Gasteiger partial charge in [-0.05, 0) is 12.8 Å². The molecule has 0 unspecified atom stereocenters. The third-order valence-electron chi connectivity index (χ3n) is 2.08. The van der Waals surface area contributed by atoms with Crippen molar-refractivity contribution in [3.63, 3.8) is 0 Å². The summed E-state index contributed by atoms with van der Waals surface area (Å²) in [5.41, 5.74) is 5.48. The van der Waals surface area contributed by atoms with Gasteiger partial charge in [0, 0.05) is 6.61 Å². The minimum Gasteiger partial charge on any atom is -0.502 e. The molecule has 0 saturated carbocycles. The first kappa shape index (κ1) is 13.9. The average molecular weight is 224 g/mol. The lowest BCUT2D eigenvalue weighted by atomic mass is 10.3. The molecule has 0 heterocycles. The van der Waals surface area contributed by atoms with Crippen molar-refractivity contribution < 1.29 is 9.16 Å². The molecule has 0 bridgehead atoms. The molecule has 2 nitrogen and oxygen atoms in total. The monoisotopic (exact) mass is 224 g/mol. The van der Waals surface area contributed by atoms with Crippen LogP contribution in [0.5, 0.6) is 0 Å². The largest absolute Gasteiger partial charge is 0.502 e. The van der Waals surface area contributed by atoms with E-state index >= 15 is 0 Å². The Bertz CT molecular complexity index is 202. The minimum absolute atomic E-state index is 0.691. The molecule has 0 fully saturated rings. The summed E-state index contributed by atoms with van der Waals surface area (Å²) in [6.45, 7) is 16.1. The van der Waals surface area contributed by atoms with Gasteiger partial charge in [0.1, 0.15) is 0 Å². The van der Waals surface area contributed by atoms with Crippen molar-refractivity contribution in [1.82, 2.24) is 0 Å². The lowest BCUT2D eigenvalue weighted by molar-refractivity contribution is 0.226. The van der Waals surface area contributed by atoms with Crippen LogP contribution < -0.4 is 0 Å². The Hall–Kier alpha value is -1.06. The Morgan fingerprint density at radius 2 is 1.40 bits per heavy atom. The predicted octanol–water partition coefficient (Wildman–Crippen LogP) is 3.06. The summed E-state index contributed by atoms with van der Waals surface area (Å²) < 4.78 is 10.8. The van der Waals surface area contributed by atoms with Crippen LogP contribution in [-0.4, -0.2) is 21.5 Å². The second-order valence-electron chi connectivity index (χ2n) is 3.06. The zero-order valence-electron chi connectivity index (χ0n) is 9.28. The van der Waals surface area contributed by atoms with Crippen LogP contribution in [0.15, 0.2) is 49.7 Å². The zero-order valence-corrected chi connectivity index (χ0v) is 10.3. The molecule has 0 aliphatic carbocycles. The molecule has 0 atom stereocenters. The Morgan fingerprint density at radius 1 is 0.867 bits per heavy atom. The Labute approximate surface area is 93.7 Å². The van der Waals surface area contributed by atoms with Gasteiger partial charge >= 0.3 is 0 Å². The van der Waals surface area contributed by atoms with Crippen LogP contribution in [0.4, 0.5) is 0 Å². The second-order valence-corrected chi connectivity index (χ2v) is 6.28. The fourth-order valence-corrected chi connectivity index (χ4v) is 2.40. The fraction of sp³-hybridized carbons (Fsp3) is 0.333. The van der Waals surface area contributed by atoms with Crippen molar-refractivity contribution in [3.8, 4) is 0 Å². The SMILES string of the molecule is C=COCCCCO[Si](C=C)(C=C)C=C. The van der Waals surface area contributed by atoms with E-state index in [1.807, 2.05) is 17.1 Å². The first-order valence-corrected chi connectivity index (χ1v) is 7.16. The summed E-state index contributed by atoms with van der Waals surface area (Å²) in [5, 5.41) is 0. The van der Waals surface area contributed by atoms with Crippen molar-refractivity contribution >= 4 is 8.32 Å². The van der Waals surface area contributed by atoms with Gasteiger partial charge in [-0.1, -0.05) is 23.7 Å². The van der Waals surface area contributed by atoms with Crippen LogP contribution >= 0.6 is 0 Å². The molecule has 0 N–H and O–H groups in total. The summed E-state index contributed by atoms with van der Waals surface area (Å²) in [6, 6.07) is 0. The van der Waals surface area contributed by atoms with Crippen LogP contribution in [0.3, 0.4) is 0 Å². The van der Waals surface area contributed by atoms with Gasteiger partial charge in [-0.3, -0.25) is 0 Å². The third-order valence-corrected chi connectivity index (χ3v) is 4.70. The summed E-state index contributed by atoms with van der Waals surface area (Å²) in [7, 11) is -2.06. The van der Waals surface area contributed by atoms with Crippen LogP contribution in [0.25, 0.3) is 0 Å². The minimum atomic E-state index is -2.06. The van der Waals surface area contributed by atoms with Gasteiger partial charge in [-0.25, -0.2) is 0 Å². The molecule has 0 saturated heterocycles. The molecule has 0 aromatic heterocycles. The van der Waals surface area contributed by atoms with Gasteiger partial charge < -0.3 is 9.16 Å². The van der Waals surface area contributed by atoms with Crippen molar-refractivity contribution in [2.24, 2.45) is 0 Å². The summed E-state index contributed by atoms with van der Waals surface area (Å²) in [6.07, 6.45) is 3.37. The number of unbranched alkanes of at least 4 members (excludes halogenated alkanes) is 1. The van der Waals surface area contributed by atoms with E-state index in [0.717, 1.165) is 12.8 Å². The Kier molecular flexibility index (Phi) is 7.68. The fourth-order valence-electron chi connectivity index (χ4n) is 1.05. The van der Waals surface area contributed by atoms with E-state index in [-0.39, 0.29) is 0 Å². The Morgan fingerprint density at radius 3 is 1.87 bits per heavy atom. The lowest BCUT2D eigenvalue weighted by Crippen LogP contribution is -2.32. The molecular weight excluding hydrogens is 204 g/mol. The number of hydrogen-bond donors (Lipinski definition) is 0. The lowest BCUT2D eigenvalue weighted by Gasteiger charge is -2.19. The van der Waals surface area contributed by atoms with Crippen LogP contribution in [0.2, 0.25) is 0 Å². The van der Waals surface area contributed by atoms with Gasteiger partial charge in [0.25, 0.3) is 8.32 Å². The molecule has 0 aliphatic heterocycles. The van der Waals surface area contributed by atoms with E-state index in [9.17, 15) is 0 Å². The van der Waals surface area contributed by atoms with Crippen molar-refractivity contribution in [1.29, 1.82) is 0 Å². The highest BCUT2D eigenvalue weighted by molar-refractivity contribution is 6.87. The Balaban J connectivity index is 3.72. The molecule has 0 aromatic carbocycles. The zero-order chi connectivity index (χ0) is 11.6. The topological polar surface area (TPSA) is 18.5 Å². The number of ether oxygens (including phenoxy) is 1. The predicted molar refractivity (Wildman–Crippen MR) is 67.7 cm³/mol. The summed E-state index contributed by atoms with van der Waals surface area (Å²) >= 11 is 0. The van der Waals surface area contributed by atoms with E-state index in [1.165, 1.54) is 6.26 Å². The van der Waals surface area contributed by atoms with E-state index in [2.05, 4.69) is 26.3 Å². The molecule has 15 heavy (non-hydrogen) atoms. The van der Waals surface area contributed by atoms with E-state index in [0.29, 0.717) is 13.2 Å². The molecule has 0 aliphatic rings. The molecule has 0 rings (SSSR count). The van der Waals surface area contributed by atoms with Crippen LogP contribution in [0.1, 0.15) is 12.8 Å². The highest BCUT2D eigenvalue weighted by atomic mass is 28.4. The molecule has 0 radical (unpaired) electrons. The summed E-state index contributed by atoms with van der Waals surface area (Å²) in [5.74, 6) is 0. The maximum Gasteiger partial charge on any atom is 0.264 e. The third kappa shape index (κ3) is 5.39. The number of hydrogen-bond acceptors (Lipinski definition) is 2. The maximum absolute atomic E-state index is 5.76. The van der Waals surface area contributed by atoms with Gasteiger partial charge in [0.05, 0.1) is 12.9 Å². The molecule has 0 amide bonds. The van der Waals surface area contributed by atoms with Gasteiger partial charge in [0.15, 0.2) is 0 Å². The van der Waals surface area contributed by atoms with Crippen LogP contribution in [0, 0.1) is 0 Å². The van der Waals surface area contributed by atoms with E-state index in [4.69, 9.17) is 9.16 Å². The molecule has 0 aromatic rings.